The molecule has 2 heterocycles. The van der Waals surface area contributed by atoms with Crippen molar-refractivity contribution >= 4 is 28.2 Å². The molecule has 2 aromatic carbocycles. The third kappa shape index (κ3) is 4.35. The molecule has 4 rings (SSSR count). The molecule has 0 radical (unpaired) electrons. The summed E-state index contributed by atoms with van der Waals surface area (Å²) in [6.07, 6.45) is 3.28. The first-order valence-corrected chi connectivity index (χ1v) is 9.43. The molecule has 0 unspecified atom stereocenters. The van der Waals surface area contributed by atoms with Crippen LogP contribution in [0.2, 0.25) is 0 Å². The molecule has 0 fully saturated rings. The van der Waals surface area contributed by atoms with Crippen molar-refractivity contribution in [2.75, 3.05) is 12.4 Å². The molecule has 0 aliphatic heterocycles. The maximum absolute atomic E-state index is 13.9. The van der Waals surface area contributed by atoms with Crippen molar-refractivity contribution < 1.29 is 27.6 Å². The van der Waals surface area contributed by atoms with E-state index in [9.17, 15) is 23.3 Å². The highest BCUT2D eigenvalue weighted by molar-refractivity contribution is 5.96. The van der Waals surface area contributed by atoms with Gasteiger partial charge in [0.2, 0.25) is 11.8 Å². The molecular formula is C21H16F3N5O4. The quantitative estimate of drug-likeness (QED) is 0.305. The second kappa shape index (κ2) is 8.65. The average Bonchev–Trinajstić information content (AvgIpc) is 3.11. The van der Waals surface area contributed by atoms with Gasteiger partial charge in [0.25, 0.3) is 0 Å². The fraction of sp³-hybridized carbons (Fsp3) is 0.143. The van der Waals surface area contributed by atoms with E-state index in [1.807, 2.05) is 29.9 Å². The normalized spacial score (nSPS) is 11.1. The monoisotopic (exact) mass is 459 g/mol. The van der Waals surface area contributed by atoms with Gasteiger partial charge < -0.3 is 19.4 Å². The van der Waals surface area contributed by atoms with Crippen molar-refractivity contribution in [2.45, 2.75) is 6.61 Å². The van der Waals surface area contributed by atoms with E-state index in [0.29, 0.717) is 17.5 Å². The van der Waals surface area contributed by atoms with Crippen LogP contribution >= 0.6 is 0 Å². The standard InChI is InChI=1S/C21H16F3N5O4/c1-28-10-13(12-4-3-11(32-2)7-17(12)28)15-5-6-25-21(26-15)27-16-9-18(29(30)31)14(22)8-19(16)33-20(23)24/h3-10,20H,1-2H3,(H,25,26,27). The van der Waals surface area contributed by atoms with Crippen LogP contribution in [0.3, 0.4) is 0 Å². The highest BCUT2D eigenvalue weighted by atomic mass is 19.3. The van der Waals surface area contributed by atoms with Gasteiger partial charge in [-0.25, -0.2) is 9.97 Å². The van der Waals surface area contributed by atoms with Crippen LogP contribution in [0.1, 0.15) is 0 Å². The lowest BCUT2D eigenvalue weighted by atomic mass is 10.1. The number of fused-ring (bicyclic) bond motifs is 1. The third-order valence-corrected chi connectivity index (χ3v) is 4.84. The molecule has 0 aliphatic carbocycles. The summed E-state index contributed by atoms with van der Waals surface area (Å²) in [4.78, 5) is 18.5. The summed E-state index contributed by atoms with van der Waals surface area (Å²) in [6.45, 7) is -3.27. The van der Waals surface area contributed by atoms with Gasteiger partial charge in [-0.05, 0) is 18.2 Å². The second-order valence-corrected chi connectivity index (χ2v) is 6.86. The van der Waals surface area contributed by atoms with Gasteiger partial charge in [-0.1, -0.05) is 0 Å². The summed E-state index contributed by atoms with van der Waals surface area (Å²) in [7, 11) is 3.43. The van der Waals surface area contributed by atoms with E-state index >= 15 is 0 Å². The number of nitro groups is 1. The molecule has 4 aromatic rings. The zero-order valence-electron chi connectivity index (χ0n) is 17.3. The summed E-state index contributed by atoms with van der Waals surface area (Å²) >= 11 is 0. The number of nitrogens with one attached hydrogen (secondary N) is 1. The zero-order valence-corrected chi connectivity index (χ0v) is 17.3. The average molecular weight is 459 g/mol. The molecule has 12 heteroatoms. The van der Waals surface area contributed by atoms with Crippen LogP contribution in [0.4, 0.5) is 30.5 Å². The first kappa shape index (κ1) is 21.9. The summed E-state index contributed by atoms with van der Waals surface area (Å²) < 4.78 is 50.9. The number of halogens is 3. The number of hydrogen-bond donors (Lipinski definition) is 1. The van der Waals surface area contributed by atoms with Crippen LogP contribution in [0, 0.1) is 15.9 Å². The van der Waals surface area contributed by atoms with Crippen LogP contribution < -0.4 is 14.8 Å². The van der Waals surface area contributed by atoms with E-state index in [1.165, 1.54) is 6.20 Å². The SMILES string of the molecule is COc1ccc2c(-c3ccnc(Nc4cc([N+](=O)[O-])c(F)cc4OC(F)F)n3)cn(C)c2c1. The van der Waals surface area contributed by atoms with Crippen LogP contribution in [0.5, 0.6) is 11.5 Å². The van der Waals surface area contributed by atoms with E-state index in [-0.39, 0.29) is 11.6 Å². The Hall–Kier alpha value is -4.35. The van der Waals surface area contributed by atoms with E-state index in [4.69, 9.17) is 4.74 Å². The number of methoxy groups -OCH3 is 1. The van der Waals surface area contributed by atoms with Crippen molar-refractivity contribution in [3.63, 3.8) is 0 Å². The minimum absolute atomic E-state index is 0.0574. The van der Waals surface area contributed by atoms with E-state index in [1.54, 1.807) is 19.2 Å². The highest BCUT2D eigenvalue weighted by Gasteiger charge is 2.22. The van der Waals surface area contributed by atoms with Gasteiger partial charge in [-0.3, -0.25) is 10.1 Å². The lowest BCUT2D eigenvalue weighted by Crippen LogP contribution is -2.07. The van der Waals surface area contributed by atoms with Crippen molar-refractivity contribution in [2.24, 2.45) is 7.05 Å². The molecule has 0 saturated heterocycles. The molecule has 0 atom stereocenters. The molecule has 33 heavy (non-hydrogen) atoms. The van der Waals surface area contributed by atoms with Gasteiger partial charge in [-0.2, -0.15) is 13.2 Å². The van der Waals surface area contributed by atoms with E-state index in [2.05, 4.69) is 20.0 Å². The number of aryl methyl sites for hydroxylation is 1. The minimum Gasteiger partial charge on any atom is -0.497 e. The predicted molar refractivity (Wildman–Crippen MR) is 113 cm³/mol. The molecule has 9 nitrogen and oxygen atoms in total. The fourth-order valence-electron chi connectivity index (χ4n) is 3.36. The van der Waals surface area contributed by atoms with E-state index < -0.39 is 28.8 Å². The summed E-state index contributed by atoms with van der Waals surface area (Å²) in [5.74, 6) is -1.32. The lowest BCUT2D eigenvalue weighted by molar-refractivity contribution is -0.387. The van der Waals surface area contributed by atoms with Gasteiger partial charge in [0, 0.05) is 48.6 Å². The van der Waals surface area contributed by atoms with Crippen molar-refractivity contribution in [3.05, 3.63) is 64.7 Å². The predicted octanol–water partition coefficient (Wildman–Crippen LogP) is 5.04. The van der Waals surface area contributed by atoms with Crippen molar-refractivity contribution in [3.8, 4) is 22.8 Å². The zero-order chi connectivity index (χ0) is 23.7. The van der Waals surface area contributed by atoms with Gasteiger partial charge in [0.1, 0.15) is 5.75 Å². The first-order valence-electron chi connectivity index (χ1n) is 9.43. The van der Waals surface area contributed by atoms with E-state index in [0.717, 1.165) is 22.5 Å². The molecule has 0 bridgehead atoms. The molecule has 0 saturated carbocycles. The molecule has 0 aliphatic rings. The molecule has 0 spiro atoms. The number of benzene rings is 2. The number of nitrogens with zero attached hydrogens (tertiary/aromatic N) is 4. The fourth-order valence-corrected chi connectivity index (χ4v) is 3.36. The Kier molecular flexibility index (Phi) is 5.73. The van der Waals surface area contributed by atoms with Gasteiger partial charge in [0.15, 0.2) is 5.75 Å². The topological polar surface area (TPSA) is 104 Å². The number of nitro benzene ring substituents is 1. The Balaban J connectivity index is 1.75. The number of alkyl halides is 2. The number of aromatic nitrogens is 3. The maximum Gasteiger partial charge on any atom is 0.387 e. The highest BCUT2D eigenvalue weighted by Crippen LogP contribution is 2.35. The molecule has 0 amide bonds. The lowest BCUT2D eigenvalue weighted by Gasteiger charge is -2.12. The van der Waals surface area contributed by atoms with Crippen molar-refractivity contribution in [1.82, 2.24) is 14.5 Å². The number of rotatable bonds is 7. The summed E-state index contributed by atoms with van der Waals surface area (Å²) in [5.41, 5.74) is 0.937. The van der Waals surface area contributed by atoms with Crippen LogP contribution in [-0.2, 0) is 7.05 Å². The third-order valence-electron chi connectivity index (χ3n) is 4.84. The molecule has 170 valence electrons. The Bertz CT molecular complexity index is 1360. The maximum atomic E-state index is 13.9. The van der Waals surface area contributed by atoms with Crippen molar-refractivity contribution in [1.29, 1.82) is 0 Å². The number of ether oxygens (including phenoxy) is 2. The van der Waals surface area contributed by atoms with Crippen LogP contribution in [0.15, 0.2) is 48.8 Å². The Morgan fingerprint density at radius 2 is 2.00 bits per heavy atom. The summed E-state index contributed by atoms with van der Waals surface area (Å²) in [6, 6.07) is 8.44. The Labute approximate surface area is 184 Å². The number of anilines is 2. The molecular weight excluding hydrogens is 443 g/mol. The molecule has 1 N–H and O–H groups in total. The molecule has 2 aromatic heterocycles. The van der Waals surface area contributed by atoms with Gasteiger partial charge in [-0.15, -0.1) is 0 Å². The largest absolute Gasteiger partial charge is 0.497 e. The second-order valence-electron chi connectivity index (χ2n) is 6.86. The Morgan fingerprint density at radius 3 is 2.70 bits per heavy atom. The van der Waals surface area contributed by atoms with Gasteiger partial charge in [0.05, 0.1) is 28.9 Å². The number of hydrogen-bond acceptors (Lipinski definition) is 7. The Morgan fingerprint density at radius 1 is 1.21 bits per heavy atom. The van der Waals surface area contributed by atoms with Crippen LogP contribution in [-0.4, -0.2) is 33.2 Å². The first-order chi connectivity index (χ1) is 15.8. The smallest absolute Gasteiger partial charge is 0.387 e. The summed E-state index contributed by atoms with van der Waals surface area (Å²) in [5, 5.41) is 14.6. The minimum atomic E-state index is -3.27. The van der Waals surface area contributed by atoms with Gasteiger partial charge >= 0.3 is 12.3 Å². The van der Waals surface area contributed by atoms with Crippen LogP contribution in [0.25, 0.3) is 22.2 Å².